The molecule has 4 atom stereocenters. The smallest absolute Gasteiger partial charge is 0.0845 e. The van der Waals surface area contributed by atoms with Gasteiger partial charge in [0.05, 0.1) is 5.60 Å². The molecule has 0 aromatic heterocycles. The zero-order valence-corrected chi connectivity index (χ0v) is 16.0. The van der Waals surface area contributed by atoms with E-state index in [1.54, 1.807) is 0 Å². The number of nitrogens with two attached hydrogens (primary N) is 1. The van der Waals surface area contributed by atoms with E-state index in [1.165, 1.54) is 51.4 Å². The van der Waals surface area contributed by atoms with Crippen LogP contribution >= 0.6 is 45.2 Å². The Bertz CT molecular complexity index is 302. The summed E-state index contributed by atoms with van der Waals surface area (Å²) in [6.45, 7) is 0.437. The van der Waals surface area contributed by atoms with Crippen LogP contribution in [-0.2, 0) is 0 Å². The quantitative estimate of drug-likeness (QED) is 0.427. The molecule has 0 heterocycles. The summed E-state index contributed by atoms with van der Waals surface area (Å²) in [4.78, 5) is 0. The largest absolute Gasteiger partial charge is 0.388 e. The molecule has 1 spiro atoms. The average Bonchev–Trinajstić information content (AvgIpc) is 2.59. The van der Waals surface area contributed by atoms with E-state index < -0.39 is 5.60 Å². The van der Waals surface area contributed by atoms with Gasteiger partial charge in [0.25, 0.3) is 0 Å². The van der Waals surface area contributed by atoms with Gasteiger partial charge in [-0.25, -0.2) is 0 Å². The van der Waals surface area contributed by atoms with Crippen molar-refractivity contribution in [1.29, 1.82) is 0 Å². The molecule has 0 amide bonds. The third kappa shape index (κ3) is 3.11. The normalized spacial score (nSPS) is 45.5. The fourth-order valence-electron chi connectivity index (χ4n) is 4.20. The van der Waals surface area contributed by atoms with Gasteiger partial charge in [0.2, 0.25) is 0 Å². The maximum atomic E-state index is 11.4. The Balaban J connectivity index is 2.40. The number of hydrogen-bond acceptors (Lipinski definition) is 2. The highest BCUT2D eigenvalue weighted by atomic mass is 127. The van der Waals surface area contributed by atoms with Gasteiger partial charge in [0.1, 0.15) is 0 Å². The first kappa shape index (κ1) is 16.7. The minimum Gasteiger partial charge on any atom is -0.388 e. The van der Waals surface area contributed by atoms with Crippen LogP contribution in [0, 0.1) is 5.41 Å². The number of aliphatic hydroxyl groups is 1. The van der Waals surface area contributed by atoms with Crippen molar-refractivity contribution in [1.82, 2.24) is 0 Å². The molecule has 2 rings (SSSR count). The standard InChI is InChI=1S/C15H27I2NO/c16-12-7-3-1-5-9-14(19,11-18)15(12)10-6-2-4-8-13(15)17/h12-13,19H,1-11,18H2. The molecule has 2 aliphatic rings. The molecular formula is C15H27I2NO. The Kier molecular flexibility index (Phi) is 6.25. The molecule has 0 radical (unpaired) electrons. The molecule has 0 bridgehead atoms. The first-order valence-electron chi connectivity index (χ1n) is 7.77. The highest BCUT2D eigenvalue weighted by Crippen LogP contribution is 2.55. The Morgan fingerprint density at radius 3 is 1.95 bits per heavy atom. The lowest BCUT2D eigenvalue weighted by Crippen LogP contribution is -2.61. The average molecular weight is 491 g/mol. The van der Waals surface area contributed by atoms with Crippen molar-refractivity contribution in [3.63, 3.8) is 0 Å². The van der Waals surface area contributed by atoms with E-state index in [9.17, 15) is 5.11 Å². The van der Waals surface area contributed by atoms with Crippen molar-refractivity contribution in [3.8, 4) is 0 Å². The first-order chi connectivity index (χ1) is 9.07. The van der Waals surface area contributed by atoms with Crippen molar-refractivity contribution in [2.75, 3.05) is 6.54 Å². The van der Waals surface area contributed by atoms with E-state index >= 15 is 0 Å². The zero-order chi connectivity index (χ0) is 13.9. The van der Waals surface area contributed by atoms with Crippen molar-refractivity contribution >= 4 is 45.2 Å². The lowest BCUT2D eigenvalue weighted by atomic mass is 9.61. The second-order valence-electron chi connectivity index (χ2n) is 6.41. The molecule has 2 aliphatic carbocycles. The van der Waals surface area contributed by atoms with Gasteiger partial charge in [-0.2, -0.15) is 0 Å². The predicted molar refractivity (Wildman–Crippen MR) is 98.2 cm³/mol. The minimum absolute atomic E-state index is 0.0415. The lowest BCUT2D eigenvalue weighted by Gasteiger charge is -2.53. The van der Waals surface area contributed by atoms with Crippen LogP contribution in [0.2, 0.25) is 0 Å². The summed E-state index contributed by atoms with van der Waals surface area (Å²) in [6, 6.07) is 0. The predicted octanol–water partition coefficient (Wildman–Crippen LogP) is 4.20. The van der Waals surface area contributed by atoms with Gasteiger partial charge >= 0.3 is 0 Å². The molecule has 2 saturated carbocycles. The van der Waals surface area contributed by atoms with Crippen molar-refractivity contribution in [2.45, 2.75) is 77.7 Å². The maximum absolute atomic E-state index is 11.4. The molecule has 2 fully saturated rings. The molecule has 0 aromatic carbocycles. The van der Waals surface area contributed by atoms with Crippen molar-refractivity contribution in [2.24, 2.45) is 11.1 Å². The van der Waals surface area contributed by atoms with E-state index in [-0.39, 0.29) is 5.41 Å². The lowest BCUT2D eigenvalue weighted by molar-refractivity contribution is -0.0917. The van der Waals surface area contributed by atoms with Crippen molar-refractivity contribution < 1.29 is 5.11 Å². The van der Waals surface area contributed by atoms with Gasteiger partial charge in [0.15, 0.2) is 0 Å². The summed E-state index contributed by atoms with van der Waals surface area (Å²) >= 11 is 5.26. The summed E-state index contributed by atoms with van der Waals surface area (Å²) in [7, 11) is 0. The van der Waals surface area contributed by atoms with Gasteiger partial charge < -0.3 is 10.8 Å². The SMILES string of the molecule is NCC1(O)CCCCCC(I)C12CCCCCC2I. The molecule has 0 aromatic rings. The van der Waals surface area contributed by atoms with Crippen LogP contribution in [0.3, 0.4) is 0 Å². The third-order valence-corrected chi connectivity index (χ3v) is 8.89. The van der Waals surface area contributed by atoms with E-state index in [1.807, 2.05) is 0 Å². The first-order valence-corrected chi connectivity index (χ1v) is 10.3. The molecule has 112 valence electrons. The molecular weight excluding hydrogens is 464 g/mol. The molecule has 2 nitrogen and oxygen atoms in total. The monoisotopic (exact) mass is 491 g/mol. The van der Waals surface area contributed by atoms with Crippen LogP contribution in [-0.4, -0.2) is 25.1 Å². The van der Waals surface area contributed by atoms with Gasteiger partial charge in [-0.3, -0.25) is 0 Å². The molecule has 0 saturated heterocycles. The molecule has 19 heavy (non-hydrogen) atoms. The van der Waals surface area contributed by atoms with Crippen LogP contribution in [0.25, 0.3) is 0 Å². The number of hydrogen-bond donors (Lipinski definition) is 2. The summed E-state index contributed by atoms with van der Waals surface area (Å²) < 4.78 is 1.14. The maximum Gasteiger partial charge on any atom is 0.0845 e. The molecule has 4 unspecified atom stereocenters. The summed E-state index contributed by atoms with van der Waals surface area (Å²) in [6.07, 6.45) is 12.2. The second-order valence-corrected chi connectivity index (χ2v) is 9.42. The highest BCUT2D eigenvalue weighted by molar-refractivity contribution is 14.1. The third-order valence-electron chi connectivity index (χ3n) is 5.42. The number of halogens is 2. The molecule has 0 aliphatic heterocycles. The van der Waals surface area contributed by atoms with E-state index in [0.717, 1.165) is 12.8 Å². The summed E-state index contributed by atoms with van der Waals surface area (Å²) in [5.74, 6) is 0. The zero-order valence-electron chi connectivity index (χ0n) is 11.7. The van der Waals surface area contributed by atoms with Crippen LogP contribution in [0.1, 0.15) is 64.2 Å². The van der Waals surface area contributed by atoms with Gasteiger partial charge in [0, 0.05) is 19.8 Å². The van der Waals surface area contributed by atoms with Gasteiger partial charge in [-0.1, -0.05) is 83.7 Å². The Morgan fingerprint density at radius 2 is 1.42 bits per heavy atom. The Labute approximate surface area is 144 Å². The van der Waals surface area contributed by atoms with Crippen LogP contribution in [0.5, 0.6) is 0 Å². The van der Waals surface area contributed by atoms with Crippen LogP contribution < -0.4 is 5.73 Å². The number of rotatable bonds is 1. The minimum atomic E-state index is -0.643. The van der Waals surface area contributed by atoms with Gasteiger partial charge in [-0.15, -0.1) is 0 Å². The summed E-state index contributed by atoms with van der Waals surface area (Å²) in [5.41, 5.74) is 5.48. The summed E-state index contributed by atoms with van der Waals surface area (Å²) in [5, 5.41) is 11.4. The van der Waals surface area contributed by atoms with Crippen molar-refractivity contribution in [3.05, 3.63) is 0 Å². The topological polar surface area (TPSA) is 46.2 Å². The van der Waals surface area contributed by atoms with Gasteiger partial charge in [-0.05, 0) is 25.7 Å². The van der Waals surface area contributed by atoms with Crippen LogP contribution in [0.4, 0.5) is 0 Å². The highest BCUT2D eigenvalue weighted by Gasteiger charge is 2.56. The van der Waals surface area contributed by atoms with E-state index in [2.05, 4.69) is 45.2 Å². The fourth-order valence-corrected chi connectivity index (χ4v) is 8.42. The second kappa shape index (κ2) is 7.09. The molecule has 3 N–H and O–H groups in total. The van der Waals surface area contributed by atoms with E-state index in [0.29, 0.717) is 14.4 Å². The Hall–Kier alpha value is 1.38. The number of alkyl halides is 2. The Morgan fingerprint density at radius 1 is 0.895 bits per heavy atom. The van der Waals surface area contributed by atoms with Crippen LogP contribution in [0.15, 0.2) is 0 Å². The van der Waals surface area contributed by atoms with E-state index in [4.69, 9.17) is 5.73 Å². The molecule has 4 heteroatoms. The fraction of sp³-hybridized carbons (Fsp3) is 1.00.